The van der Waals surface area contributed by atoms with Crippen LogP contribution in [0.3, 0.4) is 0 Å². The third-order valence-electron chi connectivity index (χ3n) is 4.38. The van der Waals surface area contributed by atoms with Gasteiger partial charge in [-0.3, -0.25) is 0 Å². The first-order valence-electron chi connectivity index (χ1n) is 7.46. The molecular formula is C18H22O2. The van der Waals surface area contributed by atoms with E-state index in [9.17, 15) is 5.11 Å². The molecule has 1 aromatic heterocycles. The topological polar surface area (TPSA) is 33.4 Å². The molecule has 106 valence electrons. The van der Waals surface area contributed by atoms with Crippen LogP contribution in [0.25, 0.3) is 0 Å². The molecule has 2 aromatic rings. The van der Waals surface area contributed by atoms with Gasteiger partial charge in [-0.1, -0.05) is 38.1 Å². The van der Waals surface area contributed by atoms with E-state index < -0.39 is 5.60 Å². The largest absolute Gasteiger partial charge is 0.469 e. The molecule has 0 radical (unpaired) electrons. The molecule has 1 aliphatic rings. The first-order chi connectivity index (χ1) is 9.58. The fraction of sp³-hybridized carbons (Fsp3) is 0.444. The lowest BCUT2D eigenvalue weighted by atomic mass is 9.79. The van der Waals surface area contributed by atoms with E-state index in [4.69, 9.17) is 4.42 Å². The van der Waals surface area contributed by atoms with Gasteiger partial charge in [-0.2, -0.15) is 0 Å². The summed E-state index contributed by atoms with van der Waals surface area (Å²) >= 11 is 0. The summed E-state index contributed by atoms with van der Waals surface area (Å²) in [5.74, 6) is 1.50. The zero-order chi connectivity index (χ0) is 14.2. The Bertz CT molecular complexity index is 580. The van der Waals surface area contributed by atoms with Crippen molar-refractivity contribution in [1.82, 2.24) is 0 Å². The summed E-state index contributed by atoms with van der Waals surface area (Å²) in [6.07, 6.45) is 5.10. The van der Waals surface area contributed by atoms with Crippen LogP contribution in [0.5, 0.6) is 0 Å². The van der Waals surface area contributed by atoms with Gasteiger partial charge in [0, 0.05) is 18.4 Å². The van der Waals surface area contributed by atoms with Crippen molar-refractivity contribution in [2.45, 2.75) is 51.0 Å². The second kappa shape index (κ2) is 5.10. The molecule has 0 aliphatic heterocycles. The van der Waals surface area contributed by atoms with Crippen LogP contribution in [0, 0.1) is 0 Å². The molecule has 1 heterocycles. The molecule has 0 fully saturated rings. The normalized spacial score (nSPS) is 22.0. The van der Waals surface area contributed by atoms with Gasteiger partial charge in [0.15, 0.2) is 0 Å². The van der Waals surface area contributed by atoms with Crippen molar-refractivity contribution in [3.8, 4) is 0 Å². The second-order valence-corrected chi connectivity index (χ2v) is 6.22. The third kappa shape index (κ3) is 2.40. The molecule has 2 heteroatoms. The number of aliphatic hydroxyl groups is 1. The molecule has 1 aromatic carbocycles. The maximum atomic E-state index is 11.0. The average molecular weight is 270 g/mol. The molecule has 1 unspecified atom stereocenters. The SMILES string of the molecule is CC(C)c1ccc(CC2(O)CCCc3occc32)cc1. The lowest BCUT2D eigenvalue weighted by molar-refractivity contribution is 0.0168. The third-order valence-corrected chi connectivity index (χ3v) is 4.38. The Hall–Kier alpha value is -1.54. The summed E-state index contributed by atoms with van der Waals surface area (Å²) < 4.78 is 5.48. The monoisotopic (exact) mass is 270 g/mol. The molecule has 0 saturated carbocycles. The van der Waals surface area contributed by atoms with Gasteiger partial charge in [0.2, 0.25) is 0 Å². The van der Waals surface area contributed by atoms with Gasteiger partial charge in [0.1, 0.15) is 5.76 Å². The first-order valence-corrected chi connectivity index (χ1v) is 7.46. The van der Waals surface area contributed by atoms with Crippen LogP contribution >= 0.6 is 0 Å². The number of aryl methyl sites for hydroxylation is 1. The smallest absolute Gasteiger partial charge is 0.109 e. The molecule has 1 N–H and O–H groups in total. The lowest BCUT2D eigenvalue weighted by Gasteiger charge is -2.32. The highest BCUT2D eigenvalue weighted by molar-refractivity contribution is 5.32. The van der Waals surface area contributed by atoms with Crippen molar-refractivity contribution in [3.05, 3.63) is 59.0 Å². The van der Waals surface area contributed by atoms with Gasteiger partial charge >= 0.3 is 0 Å². The Morgan fingerprint density at radius 3 is 2.65 bits per heavy atom. The fourth-order valence-corrected chi connectivity index (χ4v) is 3.17. The highest BCUT2D eigenvalue weighted by atomic mass is 16.3. The fourth-order valence-electron chi connectivity index (χ4n) is 3.17. The van der Waals surface area contributed by atoms with E-state index in [-0.39, 0.29) is 0 Å². The van der Waals surface area contributed by atoms with E-state index in [0.29, 0.717) is 12.3 Å². The molecule has 0 amide bonds. The second-order valence-electron chi connectivity index (χ2n) is 6.22. The Labute approximate surface area is 120 Å². The molecule has 20 heavy (non-hydrogen) atoms. The van der Waals surface area contributed by atoms with Gasteiger partial charge in [-0.05, 0) is 36.0 Å². The van der Waals surface area contributed by atoms with Gasteiger partial charge in [-0.25, -0.2) is 0 Å². The zero-order valence-electron chi connectivity index (χ0n) is 12.2. The number of benzene rings is 1. The highest BCUT2D eigenvalue weighted by Gasteiger charge is 2.36. The van der Waals surface area contributed by atoms with Crippen LogP contribution < -0.4 is 0 Å². The highest BCUT2D eigenvalue weighted by Crippen LogP contribution is 2.38. The number of hydrogen-bond acceptors (Lipinski definition) is 2. The van der Waals surface area contributed by atoms with Crippen LogP contribution in [0.15, 0.2) is 41.0 Å². The van der Waals surface area contributed by atoms with Crippen molar-refractivity contribution >= 4 is 0 Å². The van der Waals surface area contributed by atoms with Crippen molar-refractivity contribution in [2.75, 3.05) is 0 Å². The average Bonchev–Trinajstić information content (AvgIpc) is 2.89. The number of furan rings is 1. The van der Waals surface area contributed by atoms with Gasteiger partial charge < -0.3 is 9.52 Å². The first kappa shape index (κ1) is 13.4. The van der Waals surface area contributed by atoms with Crippen LogP contribution in [-0.2, 0) is 18.4 Å². The predicted octanol–water partition coefficient (Wildman–Crippen LogP) is 4.17. The van der Waals surface area contributed by atoms with Crippen LogP contribution in [0.4, 0.5) is 0 Å². The minimum Gasteiger partial charge on any atom is -0.469 e. The van der Waals surface area contributed by atoms with Crippen molar-refractivity contribution < 1.29 is 9.52 Å². The maximum Gasteiger partial charge on any atom is 0.109 e. The van der Waals surface area contributed by atoms with Gasteiger partial charge in [0.05, 0.1) is 11.9 Å². The summed E-state index contributed by atoms with van der Waals surface area (Å²) in [4.78, 5) is 0. The Morgan fingerprint density at radius 1 is 1.20 bits per heavy atom. The molecule has 0 bridgehead atoms. The van der Waals surface area contributed by atoms with Crippen molar-refractivity contribution in [1.29, 1.82) is 0 Å². The molecule has 0 spiro atoms. The van der Waals surface area contributed by atoms with E-state index in [1.165, 1.54) is 11.1 Å². The minimum absolute atomic E-state index is 0.544. The predicted molar refractivity (Wildman–Crippen MR) is 79.8 cm³/mol. The number of hydrogen-bond donors (Lipinski definition) is 1. The van der Waals surface area contributed by atoms with Crippen LogP contribution in [0.1, 0.15) is 55.1 Å². The molecule has 2 nitrogen and oxygen atoms in total. The number of fused-ring (bicyclic) bond motifs is 1. The summed E-state index contributed by atoms with van der Waals surface area (Å²) in [5, 5.41) is 11.0. The maximum absolute atomic E-state index is 11.0. The lowest BCUT2D eigenvalue weighted by Crippen LogP contribution is -2.32. The van der Waals surface area contributed by atoms with Crippen molar-refractivity contribution in [2.24, 2.45) is 0 Å². The van der Waals surface area contributed by atoms with Gasteiger partial charge in [0.25, 0.3) is 0 Å². The van der Waals surface area contributed by atoms with E-state index >= 15 is 0 Å². The van der Waals surface area contributed by atoms with E-state index in [1.54, 1.807) is 6.26 Å². The van der Waals surface area contributed by atoms with E-state index in [1.807, 2.05) is 6.07 Å². The van der Waals surface area contributed by atoms with Crippen molar-refractivity contribution in [3.63, 3.8) is 0 Å². The zero-order valence-corrected chi connectivity index (χ0v) is 12.2. The van der Waals surface area contributed by atoms with Gasteiger partial charge in [-0.15, -0.1) is 0 Å². The van der Waals surface area contributed by atoms with E-state index in [0.717, 1.165) is 30.6 Å². The molecule has 1 atom stereocenters. The Kier molecular flexibility index (Phi) is 3.43. The Morgan fingerprint density at radius 2 is 1.95 bits per heavy atom. The molecule has 1 aliphatic carbocycles. The quantitative estimate of drug-likeness (QED) is 0.908. The molecule has 0 saturated heterocycles. The Balaban J connectivity index is 1.84. The molecule has 3 rings (SSSR count). The number of rotatable bonds is 3. The standard InChI is InChI=1S/C18H22O2/c1-13(2)15-7-5-14(6-8-15)12-18(19)10-3-4-17-16(18)9-11-20-17/h5-9,11,13,19H,3-4,10,12H2,1-2H3. The van der Waals surface area contributed by atoms with E-state index in [2.05, 4.69) is 38.1 Å². The molecular weight excluding hydrogens is 248 g/mol. The summed E-state index contributed by atoms with van der Waals surface area (Å²) in [6.45, 7) is 4.39. The minimum atomic E-state index is -0.764. The van der Waals surface area contributed by atoms with Crippen LogP contribution in [0.2, 0.25) is 0 Å². The summed E-state index contributed by atoms with van der Waals surface area (Å²) in [5.41, 5.74) is 2.75. The summed E-state index contributed by atoms with van der Waals surface area (Å²) in [7, 11) is 0. The van der Waals surface area contributed by atoms with Crippen LogP contribution in [-0.4, -0.2) is 5.11 Å². The summed E-state index contributed by atoms with van der Waals surface area (Å²) in [6, 6.07) is 10.5.